The normalized spacial score (nSPS) is 10.7. The van der Waals surface area contributed by atoms with Gasteiger partial charge in [-0.1, -0.05) is 18.2 Å². The zero-order valence-corrected chi connectivity index (χ0v) is 14.6. The molecule has 0 aliphatic heterocycles. The summed E-state index contributed by atoms with van der Waals surface area (Å²) in [5.74, 6) is 0.598. The predicted molar refractivity (Wildman–Crippen MR) is 95.4 cm³/mol. The first-order chi connectivity index (χ1) is 11.6. The van der Waals surface area contributed by atoms with Gasteiger partial charge in [-0.05, 0) is 38.4 Å². The summed E-state index contributed by atoms with van der Waals surface area (Å²) < 4.78 is 5.78. The summed E-state index contributed by atoms with van der Waals surface area (Å²) in [4.78, 5) is 20.7. The van der Waals surface area contributed by atoms with Crippen LogP contribution in [0.5, 0.6) is 5.75 Å². The third-order valence-electron chi connectivity index (χ3n) is 3.69. The van der Waals surface area contributed by atoms with E-state index in [9.17, 15) is 4.79 Å². The van der Waals surface area contributed by atoms with Crippen molar-refractivity contribution in [1.82, 2.24) is 14.8 Å². The predicted octanol–water partition coefficient (Wildman–Crippen LogP) is 2.34. The van der Waals surface area contributed by atoms with Gasteiger partial charge in [0.1, 0.15) is 12.4 Å². The van der Waals surface area contributed by atoms with Crippen molar-refractivity contribution in [2.24, 2.45) is 0 Å². The number of hydrogen-bond donors (Lipinski definition) is 0. The summed E-state index contributed by atoms with van der Waals surface area (Å²) in [6, 6.07) is 13.2. The first-order valence-electron chi connectivity index (χ1n) is 8.10. The number of carbonyl (C=O) groups is 1. The lowest BCUT2D eigenvalue weighted by Gasteiger charge is -2.19. The molecule has 24 heavy (non-hydrogen) atoms. The summed E-state index contributed by atoms with van der Waals surface area (Å²) in [7, 11) is 5.79. The molecule has 5 heteroatoms. The maximum absolute atomic E-state index is 12.7. The highest BCUT2D eigenvalue weighted by molar-refractivity contribution is 5.96. The van der Waals surface area contributed by atoms with E-state index in [1.807, 2.05) is 68.5 Å². The first kappa shape index (κ1) is 17.9. The van der Waals surface area contributed by atoms with Crippen LogP contribution in [0, 0.1) is 0 Å². The van der Waals surface area contributed by atoms with Crippen molar-refractivity contribution < 1.29 is 9.53 Å². The van der Waals surface area contributed by atoms with E-state index in [-0.39, 0.29) is 5.91 Å². The molecule has 2 aromatic rings. The molecule has 0 spiro atoms. The minimum atomic E-state index is -0.0358. The number of amides is 1. The lowest BCUT2D eigenvalue weighted by Crippen LogP contribution is -2.29. The third kappa shape index (κ3) is 5.35. The van der Waals surface area contributed by atoms with E-state index < -0.39 is 0 Å². The number of ether oxygens (including phenoxy) is 1. The van der Waals surface area contributed by atoms with Gasteiger partial charge in [0.15, 0.2) is 0 Å². The van der Waals surface area contributed by atoms with Gasteiger partial charge in [0, 0.05) is 38.4 Å². The number of hydrogen-bond acceptors (Lipinski definition) is 4. The number of likely N-dealkylation sites (N-methyl/N-ethyl adjacent to an activating group) is 2. The Labute approximate surface area is 143 Å². The molecule has 0 bridgehead atoms. The second-order valence-corrected chi connectivity index (χ2v) is 5.95. The fourth-order valence-corrected chi connectivity index (χ4v) is 2.24. The molecule has 0 saturated heterocycles. The largest absolute Gasteiger partial charge is 0.491 e. The highest BCUT2D eigenvalue weighted by Crippen LogP contribution is 2.19. The molecule has 2 rings (SSSR count). The van der Waals surface area contributed by atoms with Gasteiger partial charge in [-0.25, -0.2) is 0 Å². The molecule has 0 fully saturated rings. The summed E-state index contributed by atoms with van der Waals surface area (Å²) >= 11 is 0. The van der Waals surface area contributed by atoms with Crippen LogP contribution in [0.2, 0.25) is 0 Å². The van der Waals surface area contributed by atoms with Gasteiger partial charge < -0.3 is 14.5 Å². The molecule has 0 saturated carbocycles. The van der Waals surface area contributed by atoms with Crippen LogP contribution in [0.4, 0.5) is 0 Å². The van der Waals surface area contributed by atoms with E-state index in [0.717, 1.165) is 18.7 Å². The number of benzene rings is 1. The Morgan fingerprint density at radius 1 is 1.04 bits per heavy atom. The maximum atomic E-state index is 12.7. The molecule has 1 aromatic carbocycles. The summed E-state index contributed by atoms with van der Waals surface area (Å²) in [5, 5.41) is 0. The molecule has 5 nitrogen and oxygen atoms in total. The molecule has 0 N–H and O–H groups in total. The zero-order valence-electron chi connectivity index (χ0n) is 14.6. The Morgan fingerprint density at radius 3 is 2.50 bits per heavy atom. The first-order valence-corrected chi connectivity index (χ1v) is 8.10. The van der Waals surface area contributed by atoms with E-state index in [1.165, 1.54) is 0 Å². The maximum Gasteiger partial charge on any atom is 0.257 e. The lowest BCUT2D eigenvalue weighted by molar-refractivity contribution is 0.0791. The summed E-state index contributed by atoms with van der Waals surface area (Å²) in [6.45, 7) is 1.97. The SMILES string of the molecule is CN(C)CCOc1ccccc1C(=O)N(C)CCc1ccccn1. The van der Waals surface area contributed by atoms with Crippen molar-refractivity contribution >= 4 is 5.91 Å². The molecule has 0 radical (unpaired) electrons. The van der Waals surface area contributed by atoms with Gasteiger partial charge in [0.05, 0.1) is 5.56 Å². The monoisotopic (exact) mass is 327 g/mol. The minimum Gasteiger partial charge on any atom is -0.491 e. The zero-order chi connectivity index (χ0) is 17.4. The van der Waals surface area contributed by atoms with Crippen LogP contribution in [0.3, 0.4) is 0 Å². The lowest BCUT2D eigenvalue weighted by atomic mass is 10.1. The Kier molecular flexibility index (Phi) is 6.75. The standard InChI is InChI=1S/C19H25N3O2/c1-21(2)14-15-24-18-10-5-4-9-17(18)19(23)22(3)13-11-16-8-6-7-12-20-16/h4-10,12H,11,13-15H2,1-3H3. The molecular weight excluding hydrogens is 302 g/mol. The van der Waals surface area contributed by atoms with E-state index in [4.69, 9.17) is 4.74 Å². The third-order valence-corrected chi connectivity index (χ3v) is 3.69. The molecule has 1 heterocycles. The molecule has 0 aliphatic rings. The quantitative estimate of drug-likeness (QED) is 0.746. The van der Waals surface area contributed by atoms with Gasteiger partial charge in [-0.15, -0.1) is 0 Å². The number of nitrogens with zero attached hydrogens (tertiary/aromatic N) is 3. The van der Waals surface area contributed by atoms with E-state index in [1.54, 1.807) is 11.1 Å². The number of rotatable bonds is 8. The molecule has 1 aromatic heterocycles. The van der Waals surface area contributed by atoms with Crippen LogP contribution in [0.25, 0.3) is 0 Å². The van der Waals surface area contributed by atoms with Crippen molar-refractivity contribution in [1.29, 1.82) is 0 Å². The van der Waals surface area contributed by atoms with Crippen molar-refractivity contribution in [2.75, 3.05) is 40.8 Å². The molecule has 0 aliphatic carbocycles. The van der Waals surface area contributed by atoms with Crippen molar-refractivity contribution in [3.63, 3.8) is 0 Å². The van der Waals surface area contributed by atoms with E-state index >= 15 is 0 Å². The average molecular weight is 327 g/mol. The highest BCUT2D eigenvalue weighted by atomic mass is 16.5. The fraction of sp³-hybridized carbons (Fsp3) is 0.368. The summed E-state index contributed by atoms with van der Waals surface area (Å²) in [5.41, 5.74) is 1.58. The minimum absolute atomic E-state index is 0.0358. The van der Waals surface area contributed by atoms with Gasteiger partial charge in [0.25, 0.3) is 5.91 Å². The average Bonchev–Trinajstić information content (AvgIpc) is 2.60. The highest BCUT2D eigenvalue weighted by Gasteiger charge is 2.16. The Morgan fingerprint density at radius 2 is 1.79 bits per heavy atom. The molecule has 0 unspecified atom stereocenters. The molecular formula is C19H25N3O2. The van der Waals surface area contributed by atoms with E-state index in [0.29, 0.717) is 24.5 Å². The van der Waals surface area contributed by atoms with E-state index in [2.05, 4.69) is 4.98 Å². The number of pyridine rings is 1. The molecule has 0 atom stereocenters. The van der Waals surface area contributed by atoms with Crippen molar-refractivity contribution in [3.8, 4) is 5.75 Å². The smallest absolute Gasteiger partial charge is 0.257 e. The fourth-order valence-electron chi connectivity index (χ4n) is 2.24. The Bertz CT molecular complexity index is 644. The Hall–Kier alpha value is -2.40. The van der Waals surface area contributed by atoms with Crippen LogP contribution in [0.1, 0.15) is 16.1 Å². The van der Waals surface area contributed by atoms with Crippen LogP contribution < -0.4 is 4.74 Å². The van der Waals surface area contributed by atoms with Crippen LogP contribution in [0.15, 0.2) is 48.7 Å². The molecule has 128 valence electrons. The van der Waals surface area contributed by atoms with Gasteiger partial charge in [-0.3, -0.25) is 9.78 Å². The van der Waals surface area contributed by atoms with Crippen LogP contribution in [-0.2, 0) is 6.42 Å². The second kappa shape index (κ2) is 9.03. The topological polar surface area (TPSA) is 45.7 Å². The van der Waals surface area contributed by atoms with Crippen molar-refractivity contribution in [2.45, 2.75) is 6.42 Å². The van der Waals surface area contributed by atoms with Crippen molar-refractivity contribution in [3.05, 3.63) is 59.9 Å². The second-order valence-electron chi connectivity index (χ2n) is 5.95. The van der Waals surface area contributed by atoms with Gasteiger partial charge >= 0.3 is 0 Å². The number of carbonyl (C=O) groups excluding carboxylic acids is 1. The van der Waals surface area contributed by atoms with Gasteiger partial charge in [-0.2, -0.15) is 0 Å². The number of aromatic nitrogens is 1. The number of para-hydroxylation sites is 1. The van der Waals surface area contributed by atoms with Gasteiger partial charge in [0.2, 0.25) is 0 Å². The van der Waals surface area contributed by atoms with Crippen LogP contribution in [-0.4, -0.2) is 61.5 Å². The Balaban J connectivity index is 1.97. The van der Waals surface area contributed by atoms with Crippen LogP contribution >= 0.6 is 0 Å². The summed E-state index contributed by atoms with van der Waals surface area (Å²) in [6.07, 6.45) is 2.50. The molecule has 1 amide bonds.